The van der Waals surface area contributed by atoms with Crippen molar-refractivity contribution in [3.63, 3.8) is 0 Å². The second-order valence-corrected chi connectivity index (χ2v) is 3.36. The molecule has 0 spiro atoms. The first-order valence-corrected chi connectivity index (χ1v) is 4.29. The third-order valence-electron chi connectivity index (χ3n) is 0.581. The van der Waals surface area contributed by atoms with Crippen LogP contribution in [-0.2, 0) is 10.1 Å². The molecule has 11 heavy (non-hydrogen) atoms. The molecule has 1 unspecified atom stereocenters. The van der Waals surface area contributed by atoms with E-state index < -0.39 is 22.0 Å². The molecule has 4 N–H and O–H groups in total. The Kier molecular flexibility index (Phi) is 12.7. The first-order chi connectivity index (χ1) is 3.95. The summed E-state index contributed by atoms with van der Waals surface area (Å²) in [5.41, 5.74) is 0. The van der Waals surface area contributed by atoms with Crippen molar-refractivity contribution >= 4 is 21.7 Å². The molecule has 66 valence electrons. The van der Waals surface area contributed by atoms with Crippen LogP contribution in [-0.4, -0.2) is 41.3 Å². The van der Waals surface area contributed by atoms with Crippen molar-refractivity contribution in [2.24, 2.45) is 0 Å². The summed E-state index contributed by atoms with van der Waals surface area (Å²) >= 11 is 5.03. The van der Waals surface area contributed by atoms with E-state index in [2.05, 4.69) is 0 Å². The molecule has 0 amide bonds. The van der Waals surface area contributed by atoms with Gasteiger partial charge in [-0.15, -0.1) is 11.6 Å². The SMILES string of the molecule is O.O=S(=O)(O)CC(O)CCl.[H-].[Na+]. The Morgan fingerprint density at radius 1 is 1.55 bits per heavy atom. The molecule has 0 aromatic heterocycles. The molecule has 0 saturated heterocycles. The van der Waals surface area contributed by atoms with Crippen molar-refractivity contribution in [1.82, 2.24) is 0 Å². The summed E-state index contributed by atoms with van der Waals surface area (Å²) in [4.78, 5) is 0. The molecule has 0 aromatic rings. The normalized spacial score (nSPS) is 12.6. The van der Waals surface area contributed by atoms with Gasteiger partial charge in [-0.1, -0.05) is 0 Å². The fraction of sp³-hybridized carbons (Fsp3) is 1.00. The fourth-order valence-corrected chi connectivity index (χ4v) is 1.13. The van der Waals surface area contributed by atoms with Crippen LogP contribution in [0.4, 0.5) is 0 Å². The number of alkyl halides is 1. The Balaban J connectivity index is -0.000000107. The van der Waals surface area contributed by atoms with Crippen molar-refractivity contribution in [3.05, 3.63) is 0 Å². The predicted molar refractivity (Wildman–Crippen MR) is 37.9 cm³/mol. The first-order valence-electron chi connectivity index (χ1n) is 2.15. The molecule has 0 aliphatic heterocycles. The quantitative estimate of drug-likeness (QED) is 0.283. The minimum atomic E-state index is -4.07. The molecule has 1 atom stereocenters. The number of aliphatic hydroxyl groups is 1. The average molecular weight is 217 g/mol. The van der Waals surface area contributed by atoms with Gasteiger partial charge < -0.3 is 12.0 Å². The first kappa shape index (κ1) is 18.0. The zero-order valence-corrected chi connectivity index (χ0v) is 9.56. The molecule has 0 heterocycles. The number of rotatable bonds is 3. The van der Waals surface area contributed by atoms with Crippen molar-refractivity contribution in [1.29, 1.82) is 0 Å². The van der Waals surface area contributed by atoms with E-state index in [0.29, 0.717) is 0 Å². The van der Waals surface area contributed by atoms with Crippen LogP contribution in [0.25, 0.3) is 0 Å². The van der Waals surface area contributed by atoms with E-state index in [1.165, 1.54) is 0 Å². The number of aliphatic hydroxyl groups excluding tert-OH is 1. The van der Waals surface area contributed by atoms with E-state index in [0.717, 1.165) is 0 Å². The zero-order valence-electron chi connectivity index (χ0n) is 6.99. The number of hydrogen-bond donors (Lipinski definition) is 2. The fourth-order valence-electron chi connectivity index (χ4n) is 0.288. The standard InChI is InChI=1S/C3H7ClO4S.Na.H2O.H/c4-1-3(5)2-9(6,7)8;;;/h3,5H,1-2H2,(H,6,7,8);;1H2;/q;+1;;-1. The molecule has 0 aliphatic carbocycles. The van der Waals surface area contributed by atoms with Gasteiger partial charge >= 0.3 is 29.6 Å². The Labute approximate surface area is 93.6 Å². The van der Waals surface area contributed by atoms with Crippen molar-refractivity contribution < 1.29 is 54.5 Å². The summed E-state index contributed by atoms with van der Waals surface area (Å²) in [6.07, 6.45) is -1.18. The molecule has 0 saturated carbocycles. The molecule has 0 fully saturated rings. The maximum atomic E-state index is 9.94. The summed E-state index contributed by atoms with van der Waals surface area (Å²) < 4.78 is 27.9. The molecule has 0 aliphatic rings. The van der Waals surface area contributed by atoms with Gasteiger partial charge in [0.05, 0.1) is 6.10 Å². The van der Waals surface area contributed by atoms with E-state index in [4.69, 9.17) is 21.3 Å². The Bertz CT molecular complexity index is 174. The molecule has 0 radical (unpaired) electrons. The van der Waals surface area contributed by atoms with Crippen molar-refractivity contribution in [2.45, 2.75) is 6.10 Å². The zero-order chi connectivity index (χ0) is 7.49. The Morgan fingerprint density at radius 3 is 2.00 bits per heavy atom. The smallest absolute Gasteiger partial charge is 1.00 e. The Hall–Kier alpha value is 1.12. The molecule has 8 heteroatoms. The third-order valence-corrected chi connectivity index (χ3v) is 1.74. The maximum Gasteiger partial charge on any atom is 1.00 e. The van der Waals surface area contributed by atoms with Crippen LogP contribution in [0.2, 0.25) is 0 Å². The number of hydrogen-bond acceptors (Lipinski definition) is 3. The van der Waals surface area contributed by atoms with Gasteiger partial charge in [-0.25, -0.2) is 0 Å². The van der Waals surface area contributed by atoms with Crippen molar-refractivity contribution in [3.8, 4) is 0 Å². The minimum absolute atomic E-state index is 0. The summed E-state index contributed by atoms with van der Waals surface area (Å²) in [6, 6.07) is 0. The second kappa shape index (κ2) is 7.75. The van der Waals surface area contributed by atoms with Crippen LogP contribution in [0.5, 0.6) is 0 Å². The topological polar surface area (TPSA) is 106 Å². The molecule has 0 aromatic carbocycles. The van der Waals surface area contributed by atoms with Gasteiger partial charge in [-0.3, -0.25) is 4.55 Å². The molecule has 5 nitrogen and oxygen atoms in total. The second-order valence-electron chi connectivity index (χ2n) is 1.56. The Morgan fingerprint density at radius 2 is 1.91 bits per heavy atom. The van der Waals surface area contributed by atoms with Gasteiger partial charge in [0.1, 0.15) is 5.75 Å². The van der Waals surface area contributed by atoms with Crippen LogP contribution < -0.4 is 29.6 Å². The van der Waals surface area contributed by atoms with Crippen LogP contribution in [0, 0.1) is 0 Å². The summed E-state index contributed by atoms with van der Waals surface area (Å²) in [6.45, 7) is 0. The maximum absolute atomic E-state index is 9.94. The minimum Gasteiger partial charge on any atom is -1.00 e. The summed E-state index contributed by atoms with van der Waals surface area (Å²) in [5.74, 6) is -0.893. The molecule has 0 bridgehead atoms. The van der Waals surface area contributed by atoms with Gasteiger partial charge in [-0.2, -0.15) is 8.42 Å². The van der Waals surface area contributed by atoms with Crippen LogP contribution in [0.3, 0.4) is 0 Å². The number of halogens is 1. The van der Waals surface area contributed by atoms with E-state index in [9.17, 15) is 8.42 Å². The van der Waals surface area contributed by atoms with E-state index in [1.807, 2.05) is 0 Å². The van der Waals surface area contributed by atoms with E-state index >= 15 is 0 Å². The monoisotopic (exact) mass is 216 g/mol. The van der Waals surface area contributed by atoms with Crippen LogP contribution in [0.1, 0.15) is 1.43 Å². The van der Waals surface area contributed by atoms with Crippen molar-refractivity contribution in [2.75, 3.05) is 11.6 Å². The van der Waals surface area contributed by atoms with Crippen LogP contribution >= 0.6 is 11.6 Å². The summed E-state index contributed by atoms with van der Waals surface area (Å²) in [7, 11) is -4.07. The van der Waals surface area contributed by atoms with Gasteiger partial charge in [0, 0.05) is 5.88 Å². The van der Waals surface area contributed by atoms with E-state index in [-0.39, 0.29) is 42.3 Å². The third kappa shape index (κ3) is 14.0. The van der Waals surface area contributed by atoms with Crippen LogP contribution in [0.15, 0.2) is 0 Å². The van der Waals surface area contributed by atoms with Gasteiger partial charge in [0.2, 0.25) is 0 Å². The molecular formula is C3H10ClNaO5S. The molecule has 0 rings (SSSR count). The summed E-state index contributed by atoms with van der Waals surface area (Å²) in [5, 5.41) is 8.52. The largest absolute Gasteiger partial charge is 1.00 e. The van der Waals surface area contributed by atoms with Gasteiger partial charge in [0.15, 0.2) is 0 Å². The van der Waals surface area contributed by atoms with Gasteiger partial charge in [-0.05, 0) is 0 Å². The predicted octanol–water partition coefficient (Wildman–Crippen LogP) is -4.23. The average Bonchev–Trinajstić information content (AvgIpc) is 1.62. The van der Waals surface area contributed by atoms with E-state index in [1.54, 1.807) is 0 Å². The van der Waals surface area contributed by atoms with Gasteiger partial charge in [0.25, 0.3) is 10.1 Å². The molecular weight excluding hydrogens is 207 g/mol.